The monoisotopic (exact) mass is 334 g/mol. The molecule has 104 valence electrons. The minimum atomic E-state index is -0.238. The van der Waals surface area contributed by atoms with E-state index >= 15 is 0 Å². The first-order valence-electron chi connectivity index (χ1n) is 6.09. The van der Waals surface area contributed by atoms with E-state index in [2.05, 4.69) is 21.2 Å². The van der Waals surface area contributed by atoms with Gasteiger partial charge in [-0.3, -0.25) is 4.79 Å². The van der Waals surface area contributed by atoms with Gasteiger partial charge in [0.15, 0.2) is 6.61 Å². The average molecular weight is 335 g/mol. The lowest BCUT2D eigenvalue weighted by molar-refractivity contribution is -0.118. The Balaban J connectivity index is 1.94. The summed E-state index contributed by atoms with van der Waals surface area (Å²) in [5.74, 6) is 0.267. The fraction of sp³-hybridized carbons (Fsp3) is 0.133. The minimum absolute atomic E-state index is 0.0888. The molecule has 1 amide bonds. The third-order valence-electron chi connectivity index (χ3n) is 2.68. The molecule has 5 heteroatoms. The summed E-state index contributed by atoms with van der Waals surface area (Å²) in [5.41, 5.74) is 8.07. The highest BCUT2D eigenvalue weighted by atomic mass is 79.9. The fourth-order valence-electron chi connectivity index (χ4n) is 1.66. The predicted octanol–water partition coefficient (Wildman–Crippen LogP) is 3.36. The molecule has 20 heavy (non-hydrogen) atoms. The van der Waals surface area contributed by atoms with Crippen LogP contribution in [-0.2, 0) is 4.79 Å². The number of para-hydroxylation sites is 2. The topological polar surface area (TPSA) is 64.3 Å². The molecule has 4 nitrogen and oxygen atoms in total. The molecular weight excluding hydrogens is 320 g/mol. The molecule has 0 radical (unpaired) electrons. The van der Waals surface area contributed by atoms with Gasteiger partial charge in [0.05, 0.1) is 11.4 Å². The molecule has 2 rings (SSSR count). The summed E-state index contributed by atoms with van der Waals surface area (Å²) >= 11 is 3.41. The van der Waals surface area contributed by atoms with Gasteiger partial charge in [-0.2, -0.15) is 0 Å². The van der Waals surface area contributed by atoms with E-state index in [1.807, 2.05) is 31.2 Å². The van der Waals surface area contributed by atoms with Gasteiger partial charge in [-0.15, -0.1) is 0 Å². The second kappa shape index (κ2) is 6.43. The van der Waals surface area contributed by atoms with E-state index < -0.39 is 0 Å². The Bertz CT molecular complexity index is 629. The van der Waals surface area contributed by atoms with Gasteiger partial charge >= 0.3 is 0 Å². The first-order valence-corrected chi connectivity index (χ1v) is 6.89. The molecule has 0 aliphatic heterocycles. The Morgan fingerprint density at radius 2 is 2.05 bits per heavy atom. The Hall–Kier alpha value is -2.01. The number of anilines is 2. The van der Waals surface area contributed by atoms with Gasteiger partial charge in [-0.25, -0.2) is 0 Å². The van der Waals surface area contributed by atoms with Crippen LogP contribution >= 0.6 is 15.9 Å². The number of ether oxygens (including phenoxy) is 1. The summed E-state index contributed by atoms with van der Waals surface area (Å²) in [5, 5.41) is 2.78. The molecule has 2 aromatic carbocycles. The highest BCUT2D eigenvalue weighted by Gasteiger charge is 2.07. The molecule has 0 aliphatic carbocycles. The molecule has 0 saturated heterocycles. The summed E-state index contributed by atoms with van der Waals surface area (Å²) in [4.78, 5) is 11.8. The summed E-state index contributed by atoms with van der Waals surface area (Å²) < 4.78 is 6.22. The van der Waals surface area contributed by atoms with Crippen LogP contribution in [0.1, 0.15) is 5.56 Å². The highest BCUT2D eigenvalue weighted by molar-refractivity contribution is 9.10. The van der Waals surface area contributed by atoms with Gasteiger partial charge in [0.2, 0.25) is 0 Å². The smallest absolute Gasteiger partial charge is 0.262 e. The van der Waals surface area contributed by atoms with Crippen molar-refractivity contribution in [3.63, 3.8) is 0 Å². The van der Waals surface area contributed by atoms with E-state index in [9.17, 15) is 4.79 Å². The van der Waals surface area contributed by atoms with Crippen molar-refractivity contribution < 1.29 is 9.53 Å². The van der Waals surface area contributed by atoms with Crippen molar-refractivity contribution >= 4 is 33.2 Å². The molecule has 0 aliphatic rings. The van der Waals surface area contributed by atoms with Crippen LogP contribution in [0.3, 0.4) is 0 Å². The molecule has 0 unspecified atom stereocenters. The van der Waals surface area contributed by atoms with Gasteiger partial charge in [0.1, 0.15) is 5.75 Å². The molecule has 0 bridgehead atoms. The minimum Gasteiger partial charge on any atom is -0.482 e. The molecule has 0 saturated carbocycles. The van der Waals surface area contributed by atoms with Crippen molar-refractivity contribution in [1.82, 2.24) is 0 Å². The first kappa shape index (κ1) is 14.4. The summed E-state index contributed by atoms with van der Waals surface area (Å²) in [6, 6.07) is 12.8. The molecule has 3 N–H and O–H groups in total. The number of nitrogens with one attached hydrogen (secondary N) is 1. The summed E-state index contributed by atoms with van der Waals surface area (Å²) in [7, 11) is 0. The molecule has 2 aromatic rings. The van der Waals surface area contributed by atoms with Crippen molar-refractivity contribution in [2.45, 2.75) is 6.92 Å². The van der Waals surface area contributed by atoms with Gasteiger partial charge in [-0.05, 0) is 52.7 Å². The number of nitrogens with two attached hydrogens (primary N) is 1. The third-order valence-corrected chi connectivity index (χ3v) is 3.33. The van der Waals surface area contributed by atoms with Crippen molar-refractivity contribution in [2.24, 2.45) is 0 Å². The number of aryl methyl sites for hydroxylation is 1. The molecule has 0 fully saturated rings. The lowest BCUT2D eigenvalue weighted by Crippen LogP contribution is -2.20. The predicted molar refractivity (Wildman–Crippen MR) is 83.9 cm³/mol. The molecular formula is C15H15BrN2O2. The Labute approximate surface area is 126 Å². The number of carbonyl (C=O) groups is 1. The maximum Gasteiger partial charge on any atom is 0.262 e. The van der Waals surface area contributed by atoms with Crippen LogP contribution in [0, 0.1) is 6.92 Å². The third kappa shape index (κ3) is 3.74. The van der Waals surface area contributed by atoms with Crippen LogP contribution in [0.2, 0.25) is 0 Å². The number of carbonyl (C=O) groups excluding carboxylic acids is 1. The largest absolute Gasteiger partial charge is 0.482 e. The zero-order valence-electron chi connectivity index (χ0n) is 11.0. The Kier molecular flexibility index (Phi) is 4.63. The standard InChI is InChI=1S/C15H15BrN2O2/c1-10-6-7-13(11(16)8-10)18-15(19)9-20-14-5-3-2-4-12(14)17/h2-8H,9,17H2,1H3,(H,18,19). The van der Waals surface area contributed by atoms with Crippen molar-refractivity contribution in [3.8, 4) is 5.75 Å². The Morgan fingerprint density at radius 3 is 2.75 bits per heavy atom. The van der Waals surface area contributed by atoms with Crippen LogP contribution in [0.4, 0.5) is 11.4 Å². The van der Waals surface area contributed by atoms with Gasteiger partial charge in [-0.1, -0.05) is 18.2 Å². The van der Waals surface area contributed by atoms with E-state index in [0.29, 0.717) is 17.1 Å². The van der Waals surface area contributed by atoms with Crippen LogP contribution < -0.4 is 15.8 Å². The lowest BCUT2D eigenvalue weighted by atomic mass is 10.2. The number of hydrogen-bond donors (Lipinski definition) is 2. The van der Waals surface area contributed by atoms with E-state index in [1.54, 1.807) is 18.2 Å². The second-order valence-electron chi connectivity index (χ2n) is 4.36. The average Bonchev–Trinajstić information content (AvgIpc) is 2.41. The summed E-state index contributed by atoms with van der Waals surface area (Å²) in [6.45, 7) is 1.90. The number of amides is 1. The van der Waals surface area contributed by atoms with Gasteiger partial charge in [0.25, 0.3) is 5.91 Å². The van der Waals surface area contributed by atoms with E-state index in [4.69, 9.17) is 10.5 Å². The number of halogens is 1. The number of rotatable bonds is 4. The lowest BCUT2D eigenvalue weighted by Gasteiger charge is -2.10. The number of nitrogen functional groups attached to an aromatic ring is 1. The SMILES string of the molecule is Cc1ccc(NC(=O)COc2ccccc2N)c(Br)c1. The normalized spacial score (nSPS) is 10.1. The van der Waals surface area contributed by atoms with E-state index in [0.717, 1.165) is 10.0 Å². The maximum atomic E-state index is 11.8. The zero-order chi connectivity index (χ0) is 14.5. The molecule has 0 atom stereocenters. The number of hydrogen-bond acceptors (Lipinski definition) is 3. The summed E-state index contributed by atoms with van der Waals surface area (Å²) in [6.07, 6.45) is 0. The van der Waals surface area contributed by atoms with Crippen LogP contribution in [0.15, 0.2) is 46.9 Å². The van der Waals surface area contributed by atoms with Crippen molar-refractivity contribution in [3.05, 3.63) is 52.5 Å². The number of benzene rings is 2. The fourth-order valence-corrected chi connectivity index (χ4v) is 2.26. The quantitative estimate of drug-likeness (QED) is 0.842. The maximum absolute atomic E-state index is 11.8. The van der Waals surface area contributed by atoms with Crippen LogP contribution in [0.5, 0.6) is 5.75 Å². The zero-order valence-corrected chi connectivity index (χ0v) is 12.6. The first-order chi connectivity index (χ1) is 9.56. The molecule has 0 aromatic heterocycles. The Morgan fingerprint density at radius 1 is 1.30 bits per heavy atom. The van der Waals surface area contributed by atoms with Gasteiger partial charge in [0, 0.05) is 4.47 Å². The van der Waals surface area contributed by atoms with Crippen molar-refractivity contribution in [2.75, 3.05) is 17.7 Å². The highest BCUT2D eigenvalue weighted by Crippen LogP contribution is 2.23. The van der Waals surface area contributed by atoms with E-state index in [1.165, 1.54) is 0 Å². The molecule has 0 spiro atoms. The van der Waals surface area contributed by atoms with Crippen LogP contribution in [-0.4, -0.2) is 12.5 Å². The van der Waals surface area contributed by atoms with Crippen LogP contribution in [0.25, 0.3) is 0 Å². The van der Waals surface area contributed by atoms with Crippen molar-refractivity contribution in [1.29, 1.82) is 0 Å². The van der Waals surface area contributed by atoms with Gasteiger partial charge < -0.3 is 15.8 Å². The second-order valence-corrected chi connectivity index (χ2v) is 5.21. The van der Waals surface area contributed by atoms with E-state index in [-0.39, 0.29) is 12.5 Å². The molecule has 0 heterocycles.